The summed E-state index contributed by atoms with van der Waals surface area (Å²) in [5, 5.41) is -3.09. The van der Waals surface area contributed by atoms with E-state index in [1.165, 1.54) is 0 Å². The summed E-state index contributed by atoms with van der Waals surface area (Å²) in [6, 6.07) is -2.80. The minimum absolute atomic E-state index is 1.40. The number of hydrogen-bond acceptors (Lipinski definition) is 6. The monoisotopic (exact) mass is 1190 g/mol. The highest BCUT2D eigenvalue weighted by Crippen LogP contribution is 2.66. The van der Waals surface area contributed by atoms with E-state index in [0.29, 0.717) is 0 Å². The second-order valence-electron chi connectivity index (χ2n) is 13.6. The molecular formula is C28H2F40N4O2. The maximum atomic E-state index is 16.2. The molecule has 0 aromatic carbocycles. The van der Waals surface area contributed by atoms with Gasteiger partial charge in [0, 0.05) is 0 Å². The Morgan fingerprint density at radius 1 is 0.311 bits per heavy atom. The number of aromatic nitrogens is 2. The minimum atomic E-state index is -9.31. The van der Waals surface area contributed by atoms with Crippen LogP contribution in [0.5, 0.6) is 0 Å². The summed E-state index contributed by atoms with van der Waals surface area (Å²) >= 11 is 0. The number of alkyl halides is 32. The Hall–Kier alpha value is -5.24. The van der Waals surface area contributed by atoms with Crippen LogP contribution < -0.4 is 0 Å². The Bertz CT molecular complexity index is 2320. The van der Waals surface area contributed by atoms with Gasteiger partial charge in [-0.25, -0.2) is 26.3 Å². The van der Waals surface area contributed by atoms with Crippen LogP contribution >= 0.6 is 0 Å². The van der Waals surface area contributed by atoms with Crippen LogP contribution in [0.15, 0.2) is 59.0 Å². The topological polar surface area (TPSA) is 50.7 Å². The number of halogens is 40. The van der Waals surface area contributed by atoms with Gasteiger partial charge in [0.05, 0.1) is 0 Å². The van der Waals surface area contributed by atoms with Gasteiger partial charge in [-0.15, -0.1) is 10.2 Å². The van der Waals surface area contributed by atoms with E-state index in [4.69, 9.17) is 0 Å². The van der Waals surface area contributed by atoms with E-state index >= 15 is 8.78 Å². The van der Waals surface area contributed by atoms with Gasteiger partial charge in [-0.1, -0.05) is 0 Å². The van der Waals surface area contributed by atoms with Crippen LogP contribution in [0.25, 0.3) is 0 Å². The van der Waals surface area contributed by atoms with Crippen LogP contribution in [0.1, 0.15) is 11.4 Å². The number of nitrogens with zero attached hydrogens (tertiary/aromatic N) is 4. The molecule has 3 rings (SSSR count). The molecule has 426 valence electrons. The van der Waals surface area contributed by atoms with E-state index < -0.39 is 176 Å². The Labute approximate surface area is 372 Å². The van der Waals surface area contributed by atoms with Crippen molar-refractivity contribution < 1.29 is 185 Å². The van der Waals surface area contributed by atoms with Crippen molar-refractivity contribution in [3.8, 4) is 0 Å². The summed E-state index contributed by atoms with van der Waals surface area (Å²) in [6.45, 7) is 0. The fourth-order valence-corrected chi connectivity index (χ4v) is 4.86. The molecule has 0 spiro atoms. The predicted octanol–water partition coefficient (Wildman–Crippen LogP) is 14.4. The van der Waals surface area contributed by atoms with Crippen molar-refractivity contribution in [1.29, 1.82) is 0 Å². The summed E-state index contributed by atoms with van der Waals surface area (Å²) < 4.78 is 557. The van der Waals surface area contributed by atoms with Crippen molar-refractivity contribution in [2.24, 2.45) is 0 Å². The van der Waals surface area contributed by atoms with Crippen molar-refractivity contribution >= 4 is 0 Å². The summed E-state index contributed by atoms with van der Waals surface area (Å²) in [6.07, 6.45) is -33.7. The second kappa shape index (κ2) is 17.1. The average Bonchev–Trinajstić information content (AvgIpc) is 3.25. The lowest BCUT2D eigenvalue weighted by atomic mass is 9.93. The predicted molar refractivity (Wildman–Crippen MR) is 142 cm³/mol. The van der Waals surface area contributed by atoms with E-state index in [9.17, 15) is 167 Å². The molecule has 0 radical (unpaired) electrons. The number of hydroxylamine groups is 4. The Kier molecular flexibility index (Phi) is 14.6. The van der Waals surface area contributed by atoms with E-state index in [-0.39, 0.29) is 0 Å². The molecule has 3 heterocycles. The first-order chi connectivity index (χ1) is 32.2. The standard InChI is InChI=1S/C28H2F40N4O2/c29-5-7(31)11(35)71(73-27(65,66)23(55,56)19(47,48)15(39,40)17(43,44)21(51,52)25(59,60)61)13(37,9(5)33)3-1-2-4(70-69-3)14(38)10(34)6(30)8(32)12(36)72(14)74-28(67,68)24(57,58)20(49,50)16(41,42)18(45,46)22(53,54)26(62,63)64/h1-2H. The highest BCUT2D eigenvalue weighted by molar-refractivity contribution is 5.40. The first kappa shape index (κ1) is 63.1. The molecule has 74 heavy (non-hydrogen) atoms. The second-order valence-corrected chi connectivity index (χ2v) is 13.6. The quantitative estimate of drug-likeness (QED) is 0.121. The molecule has 6 nitrogen and oxygen atoms in total. The lowest BCUT2D eigenvalue weighted by Crippen LogP contribution is -2.73. The van der Waals surface area contributed by atoms with E-state index in [0.717, 1.165) is 0 Å². The number of rotatable bonds is 16. The van der Waals surface area contributed by atoms with Gasteiger partial charge in [0.1, 0.15) is 11.4 Å². The van der Waals surface area contributed by atoms with Crippen molar-refractivity contribution in [1.82, 2.24) is 20.3 Å². The number of hydrogen-bond donors (Lipinski definition) is 0. The summed E-state index contributed by atoms with van der Waals surface area (Å²) in [7, 11) is 0. The Balaban J connectivity index is 2.29. The smallest absolute Gasteiger partial charge is 0.202 e. The molecule has 1 aromatic heterocycles. The largest absolute Gasteiger partial charge is 0.460 e. The van der Waals surface area contributed by atoms with Crippen molar-refractivity contribution in [3.63, 3.8) is 0 Å². The van der Waals surface area contributed by atoms with Crippen LogP contribution in [-0.4, -0.2) is 104 Å². The highest BCUT2D eigenvalue weighted by Gasteiger charge is 2.96. The molecule has 2 aliphatic rings. The van der Waals surface area contributed by atoms with Gasteiger partial charge in [-0.2, -0.15) is 169 Å². The third kappa shape index (κ3) is 7.93. The van der Waals surface area contributed by atoms with Crippen LogP contribution in [0.2, 0.25) is 0 Å². The molecule has 46 heteroatoms. The molecule has 0 saturated heterocycles. The van der Waals surface area contributed by atoms with Gasteiger partial charge in [0.25, 0.3) is 11.9 Å². The molecule has 0 saturated carbocycles. The zero-order valence-corrected chi connectivity index (χ0v) is 31.9. The molecule has 0 bridgehead atoms. The van der Waals surface area contributed by atoms with Crippen molar-refractivity contribution in [2.75, 3.05) is 0 Å². The fraction of sp³-hybridized carbons (Fsp3) is 0.571. The zero-order chi connectivity index (χ0) is 59.2. The third-order valence-corrected chi connectivity index (χ3v) is 8.98. The van der Waals surface area contributed by atoms with Gasteiger partial charge in [-0.05, 0) is 12.1 Å². The summed E-state index contributed by atoms with van der Waals surface area (Å²) in [5.41, 5.74) is -6.64. The SMILES string of the molecule is FC1=C(F)N(OC(F)(F)C(F)(F)C(F)(F)C(F)(F)C(F)(F)C(F)(F)C(F)(F)F)C(F)(c2ccc(C3(F)C(F)=C(F)C(F)=C(F)N3OC(F)(F)C(F)(F)C(F)(F)C(F)(F)C(F)(F)C(F)(F)C(F)(F)F)nn2)C(F)=C1F. The maximum absolute atomic E-state index is 16.2. The maximum Gasteiger partial charge on any atom is 0.460 e. The van der Waals surface area contributed by atoms with E-state index in [2.05, 4.69) is 9.68 Å². The van der Waals surface area contributed by atoms with Crippen molar-refractivity contribution in [2.45, 2.75) is 95.4 Å². The lowest BCUT2D eigenvalue weighted by Gasteiger charge is -2.43. The van der Waals surface area contributed by atoms with Gasteiger partial charge >= 0.3 is 95.4 Å². The zero-order valence-electron chi connectivity index (χ0n) is 31.9. The summed E-state index contributed by atoms with van der Waals surface area (Å²) in [5.74, 6) is -138. The molecule has 0 aliphatic carbocycles. The molecular weight excluding hydrogens is 1180 g/mol. The fourth-order valence-electron chi connectivity index (χ4n) is 4.86. The van der Waals surface area contributed by atoms with E-state index in [1.54, 1.807) is 10.2 Å². The van der Waals surface area contributed by atoms with Crippen LogP contribution in [0, 0.1) is 0 Å². The number of allylic oxidation sites excluding steroid dienone is 4. The van der Waals surface area contributed by atoms with Gasteiger partial charge in [-0.3, -0.25) is 0 Å². The van der Waals surface area contributed by atoms with Gasteiger partial charge < -0.3 is 0 Å². The van der Waals surface area contributed by atoms with Gasteiger partial charge in [0.15, 0.2) is 0 Å². The van der Waals surface area contributed by atoms with Crippen LogP contribution in [-0.2, 0) is 21.3 Å². The van der Waals surface area contributed by atoms with Crippen molar-refractivity contribution in [3.05, 3.63) is 70.4 Å². The normalized spacial score (nSPS) is 22.0. The molecule has 2 aliphatic heterocycles. The molecule has 2 unspecified atom stereocenters. The lowest BCUT2D eigenvalue weighted by molar-refractivity contribution is -0.502. The Morgan fingerprint density at radius 3 is 0.716 bits per heavy atom. The van der Waals surface area contributed by atoms with Gasteiger partial charge in [0.2, 0.25) is 35.0 Å². The molecule has 0 N–H and O–H groups in total. The molecule has 2 atom stereocenters. The molecule has 0 amide bonds. The molecule has 0 fully saturated rings. The first-order valence-electron chi connectivity index (χ1n) is 16.3. The first-order valence-corrected chi connectivity index (χ1v) is 16.3. The molecule has 1 aromatic rings. The summed E-state index contributed by atoms with van der Waals surface area (Å²) in [4.78, 5) is 4.18. The minimum Gasteiger partial charge on any atom is -0.202 e. The third-order valence-electron chi connectivity index (χ3n) is 8.98. The van der Waals surface area contributed by atoms with Crippen LogP contribution in [0.4, 0.5) is 176 Å². The highest BCUT2D eigenvalue weighted by atomic mass is 19.4. The van der Waals surface area contributed by atoms with Crippen LogP contribution in [0.3, 0.4) is 0 Å². The van der Waals surface area contributed by atoms with E-state index in [1.807, 2.05) is 0 Å². The Morgan fingerprint density at radius 2 is 0.514 bits per heavy atom. The average molecular weight is 1190 g/mol.